The molecule has 1 heterocycles. The first-order valence-corrected chi connectivity index (χ1v) is 9.63. The van der Waals surface area contributed by atoms with E-state index in [1.165, 1.54) is 7.11 Å². The summed E-state index contributed by atoms with van der Waals surface area (Å²) in [5.74, 6) is 0.100. The van der Waals surface area contributed by atoms with E-state index in [9.17, 15) is 14.4 Å². The van der Waals surface area contributed by atoms with Crippen molar-refractivity contribution in [2.75, 3.05) is 25.7 Å². The Hall–Kier alpha value is -3.55. The van der Waals surface area contributed by atoms with Crippen LogP contribution in [0.1, 0.15) is 28.4 Å². The summed E-state index contributed by atoms with van der Waals surface area (Å²) in [5, 5.41) is 5.22. The monoisotopic (exact) mass is 411 g/mol. The molecule has 0 bridgehead atoms. The Bertz CT molecular complexity index is 942. The number of carbonyl (C=O) groups is 3. The van der Waals surface area contributed by atoms with Gasteiger partial charge in [0.05, 0.1) is 14.2 Å². The standard InChI is InChI=1S/C22H25N3O5/c1-14(21(27)30-3)24-22(28)23-13-15-4-5-16-10-11-25(19(16)12-15)20(26)17-6-8-18(29-2)9-7-17/h4-9,12,14H,10-11,13H2,1-3H3,(H2,23,24,28). The molecule has 0 radical (unpaired) electrons. The summed E-state index contributed by atoms with van der Waals surface area (Å²) in [6.07, 6.45) is 0.780. The van der Waals surface area contributed by atoms with Crippen LogP contribution < -0.4 is 20.3 Å². The van der Waals surface area contributed by atoms with Crippen LogP contribution in [-0.2, 0) is 22.5 Å². The molecule has 30 heavy (non-hydrogen) atoms. The van der Waals surface area contributed by atoms with Crippen LogP contribution in [0, 0.1) is 0 Å². The third-order valence-corrected chi connectivity index (χ3v) is 4.98. The SMILES string of the molecule is COC(=O)C(C)NC(=O)NCc1ccc2c(c1)N(C(=O)c1ccc(OC)cc1)CC2. The zero-order valence-electron chi connectivity index (χ0n) is 17.2. The summed E-state index contributed by atoms with van der Waals surface area (Å²) in [6.45, 7) is 2.41. The van der Waals surface area contributed by atoms with E-state index >= 15 is 0 Å². The Morgan fingerprint density at radius 1 is 1.10 bits per heavy atom. The molecule has 0 spiro atoms. The molecule has 2 N–H and O–H groups in total. The Morgan fingerprint density at radius 3 is 2.50 bits per heavy atom. The third kappa shape index (κ3) is 4.71. The smallest absolute Gasteiger partial charge is 0.328 e. The maximum atomic E-state index is 13.0. The fraction of sp³-hybridized carbons (Fsp3) is 0.318. The summed E-state index contributed by atoms with van der Waals surface area (Å²) in [4.78, 5) is 38.1. The lowest BCUT2D eigenvalue weighted by molar-refractivity contribution is -0.142. The minimum Gasteiger partial charge on any atom is -0.497 e. The Labute approximate surface area is 175 Å². The number of nitrogens with zero attached hydrogens (tertiary/aromatic N) is 1. The van der Waals surface area contributed by atoms with E-state index in [2.05, 4.69) is 15.4 Å². The number of anilines is 1. The lowest BCUT2D eigenvalue weighted by Gasteiger charge is -2.18. The van der Waals surface area contributed by atoms with Gasteiger partial charge in [-0.05, 0) is 54.8 Å². The molecule has 8 nitrogen and oxygen atoms in total. The molecule has 2 aromatic carbocycles. The maximum Gasteiger partial charge on any atom is 0.328 e. The molecule has 0 saturated heterocycles. The number of rotatable bonds is 6. The normalized spacial score (nSPS) is 13.2. The van der Waals surface area contributed by atoms with Crippen LogP contribution in [0.15, 0.2) is 42.5 Å². The van der Waals surface area contributed by atoms with E-state index in [0.29, 0.717) is 17.9 Å². The summed E-state index contributed by atoms with van der Waals surface area (Å²) < 4.78 is 9.73. The number of hydrogen-bond donors (Lipinski definition) is 2. The van der Waals surface area contributed by atoms with Crippen LogP contribution in [0.3, 0.4) is 0 Å². The number of methoxy groups -OCH3 is 2. The first kappa shape index (κ1) is 21.2. The highest BCUT2D eigenvalue weighted by atomic mass is 16.5. The van der Waals surface area contributed by atoms with Crippen LogP contribution in [-0.4, -0.2) is 44.7 Å². The molecule has 0 aromatic heterocycles. The molecule has 2 aromatic rings. The lowest BCUT2D eigenvalue weighted by atomic mass is 10.1. The molecule has 1 aliphatic heterocycles. The van der Waals surface area contributed by atoms with Crippen LogP contribution >= 0.6 is 0 Å². The van der Waals surface area contributed by atoms with Crippen molar-refractivity contribution in [1.29, 1.82) is 0 Å². The zero-order valence-corrected chi connectivity index (χ0v) is 17.2. The molecular weight excluding hydrogens is 386 g/mol. The predicted octanol–water partition coefficient (Wildman–Crippen LogP) is 2.26. The maximum absolute atomic E-state index is 13.0. The largest absolute Gasteiger partial charge is 0.497 e. The molecule has 3 amide bonds. The molecule has 3 rings (SSSR count). The summed E-state index contributed by atoms with van der Waals surface area (Å²) in [7, 11) is 2.85. The van der Waals surface area contributed by atoms with E-state index in [-0.39, 0.29) is 12.5 Å². The van der Waals surface area contributed by atoms with Crippen LogP contribution in [0.4, 0.5) is 10.5 Å². The fourth-order valence-electron chi connectivity index (χ4n) is 3.30. The molecular formula is C22H25N3O5. The molecule has 8 heteroatoms. The predicted molar refractivity (Wildman–Crippen MR) is 112 cm³/mol. The van der Waals surface area contributed by atoms with E-state index < -0.39 is 18.0 Å². The van der Waals surface area contributed by atoms with Crippen LogP contribution in [0.2, 0.25) is 0 Å². The molecule has 1 unspecified atom stereocenters. The average molecular weight is 411 g/mol. The number of hydrogen-bond acceptors (Lipinski definition) is 5. The second-order valence-corrected chi connectivity index (χ2v) is 6.97. The van der Waals surface area contributed by atoms with Gasteiger partial charge >= 0.3 is 12.0 Å². The van der Waals surface area contributed by atoms with Crippen molar-refractivity contribution < 1.29 is 23.9 Å². The number of ether oxygens (including phenoxy) is 2. The van der Waals surface area contributed by atoms with Gasteiger partial charge in [0.2, 0.25) is 0 Å². The number of fused-ring (bicyclic) bond motifs is 1. The first-order valence-electron chi connectivity index (χ1n) is 9.63. The van der Waals surface area contributed by atoms with Gasteiger partial charge in [-0.25, -0.2) is 9.59 Å². The van der Waals surface area contributed by atoms with Gasteiger partial charge in [0, 0.05) is 24.3 Å². The number of nitrogens with one attached hydrogen (secondary N) is 2. The Kier molecular flexibility index (Phi) is 6.56. The second kappa shape index (κ2) is 9.30. The molecule has 1 aliphatic rings. The third-order valence-electron chi connectivity index (χ3n) is 4.98. The zero-order chi connectivity index (χ0) is 21.7. The van der Waals surface area contributed by atoms with Crippen molar-refractivity contribution in [3.63, 3.8) is 0 Å². The van der Waals surface area contributed by atoms with Gasteiger partial charge in [0.1, 0.15) is 11.8 Å². The second-order valence-electron chi connectivity index (χ2n) is 6.97. The van der Waals surface area contributed by atoms with Crippen molar-refractivity contribution >= 4 is 23.6 Å². The van der Waals surface area contributed by atoms with Crippen molar-refractivity contribution in [2.24, 2.45) is 0 Å². The number of esters is 1. The number of amides is 3. The van der Waals surface area contributed by atoms with Crippen molar-refractivity contribution in [2.45, 2.75) is 25.9 Å². The molecule has 158 valence electrons. The Morgan fingerprint density at radius 2 is 1.83 bits per heavy atom. The minimum absolute atomic E-state index is 0.0776. The van der Waals surface area contributed by atoms with Crippen molar-refractivity contribution in [1.82, 2.24) is 10.6 Å². The van der Waals surface area contributed by atoms with Gasteiger partial charge in [-0.2, -0.15) is 0 Å². The van der Waals surface area contributed by atoms with Crippen molar-refractivity contribution in [3.05, 3.63) is 59.2 Å². The lowest BCUT2D eigenvalue weighted by Crippen LogP contribution is -2.44. The topological polar surface area (TPSA) is 97.0 Å². The molecule has 1 atom stereocenters. The van der Waals surface area contributed by atoms with Crippen LogP contribution in [0.25, 0.3) is 0 Å². The number of urea groups is 1. The van der Waals surface area contributed by atoms with Gasteiger partial charge < -0.3 is 25.0 Å². The van der Waals surface area contributed by atoms with Gasteiger partial charge in [0.15, 0.2) is 0 Å². The minimum atomic E-state index is -0.743. The highest BCUT2D eigenvalue weighted by Gasteiger charge is 2.26. The number of benzene rings is 2. The first-order chi connectivity index (χ1) is 14.4. The summed E-state index contributed by atoms with van der Waals surface area (Å²) >= 11 is 0. The van der Waals surface area contributed by atoms with Crippen LogP contribution in [0.5, 0.6) is 5.75 Å². The molecule has 0 aliphatic carbocycles. The van der Waals surface area contributed by atoms with E-state index in [1.54, 1.807) is 43.2 Å². The van der Waals surface area contributed by atoms with Gasteiger partial charge in [0.25, 0.3) is 5.91 Å². The average Bonchev–Trinajstić information content (AvgIpc) is 3.19. The van der Waals surface area contributed by atoms with Gasteiger partial charge in [-0.3, -0.25) is 4.79 Å². The highest BCUT2D eigenvalue weighted by Crippen LogP contribution is 2.30. The fourth-order valence-corrected chi connectivity index (χ4v) is 3.30. The van der Waals surface area contributed by atoms with E-state index in [0.717, 1.165) is 23.2 Å². The van der Waals surface area contributed by atoms with E-state index in [1.807, 2.05) is 18.2 Å². The van der Waals surface area contributed by atoms with Gasteiger partial charge in [-0.1, -0.05) is 12.1 Å². The summed E-state index contributed by atoms with van der Waals surface area (Å²) in [6, 6.07) is 11.6. The Balaban J connectivity index is 1.66. The highest BCUT2D eigenvalue weighted by molar-refractivity contribution is 6.07. The van der Waals surface area contributed by atoms with Crippen molar-refractivity contribution in [3.8, 4) is 5.75 Å². The molecule has 0 fully saturated rings. The molecule has 0 saturated carbocycles. The van der Waals surface area contributed by atoms with Gasteiger partial charge in [-0.15, -0.1) is 0 Å². The number of carbonyl (C=O) groups excluding carboxylic acids is 3. The quantitative estimate of drug-likeness (QED) is 0.711. The van der Waals surface area contributed by atoms with E-state index in [4.69, 9.17) is 4.74 Å². The summed E-state index contributed by atoms with van der Waals surface area (Å²) in [5.41, 5.74) is 3.37.